The number of rotatable bonds is 4. The molecule has 1 saturated heterocycles. The molecule has 0 saturated carbocycles. The van der Waals surface area contributed by atoms with Crippen LogP contribution in [0.5, 0.6) is 0 Å². The third-order valence-electron chi connectivity index (χ3n) is 4.87. The van der Waals surface area contributed by atoms with Crippen molar-refractivity contribution in [3.8, 4) is 0 Å². The molecule has 0 atom stereocenters. The second-order valence-corrected chi connectivity index (χ2v) is 9.58. The molecule has 150 valence electrons. The molecule has 2 aromatic rings. The van der Waals surface area contributed by atoms with Crippen LogP contribution in [-0.4, -0.2) is 63.8 Å². The largest absolute Gasteiger partial charge is 0.368 e. The van der Waals surface area contributed by atoms with Gasteiger partial charge in [0, 0.05) is 51.5 Å². The number of aryl methyl sites for hydroxylation is 1. The molecule has 0 N–H and O–H groups in total. The minimum Gasteiger partial charge on any atom is -0.368 e. The lowest BCUT2D eigenvalue weighted by Gasteiger charge is -2.36. The van der Waals surface area contributed by atoms with E-state index < -0.39 is 10.0 Å². The van der Waals surface area contributed by atoms with Gasteiger partial charge in [0.2, 0.25) is 10.0 Å². The lowest BCUT2D eigenvalue weighted by atomic mass is 10.1. The van der Waals surface area contributed by atoms with Gasteiger partial charge in [-0.1, -0.05) is 23.7 Å². The zero-order chi connectivity index (χ0) is 20.5. The Bertz CT molecular complexity index is 984. The maximum Gasteiger partial charge on any atom is 0.254 e. The molecule has 6 nitrogen and oxygen atoms in total. The maximum atomic E-state index is 12.9. The Hall–Kier alpha value is -2.09. The minimum atomic E-state index is -3.72. The van der Waals surface area contributed by atoms with E-state index in [0.717, 1.165) is 23.1 Å². The van der Waals surface area contributed by atoms with Gasteiger partial charge in [0.25, 0.3) is 5.91 Å². The Labute approximate surface area is 171 Å². The third-order valence-corrected chi connectivity index (χ3v) is 7.17. The van der Waals surface area contributed by atoms with Crippen LogP contribution < -0.4 is 4.90 Å². The average molecular weight is 422 g/mol. The van der Waals surface area contributed by atoms with Crippen molar-refractivity contribution in [2.24, 2.45) is 0 Å². The molecular formula is C20H24ClN3O3S. The summed E-state index contributed by atoms with van der Waals surface area (Å²) in [6.45, 7) is 4.66. The fourth-order valence-electron chi connectivity index (χ4n) is 3.21. The summed E-state index contributed by atoms with van der Waals surface area (Å²) in [7, 11) is -0.850. The Balaban J connectivity index is 1.75. The van der Waals surface area contributed by atoms with Crippen molar-refractivity contribution in [3.63, 3.8) is 0 Å². The van der Waals surface area contributed by atoms with Gasteiger partial charge in [-0.2, -0.15) is 0 Å². The van der Waals surface area contributed by atoms with Crippen LogP contribution in [0.2, 0.25) is 5.02 Å². The van der Waals surface area contributed by atoms with Crippen molar-refractivity contribution in [1.29, 1.82) is 0 Å². The number of benzene rings is 2. The Morgan fingerprint density at radius 3 is 2.32 bits per heavy atom. The van der Waals surface area contributed by atoms with Gasteiger partial charge in [0.15, 0.2) is 0 Å². The SMILES string of the molecule is Cc1cccc(N2CCN(C(=O)c3ccc(Cl)c(S(=O)(=O)N(C)C)c3)CC2)c1. The summed E-state index contributed by atoms with van der Waals surface area (Å²) in [6, 6.07) is 12.7. The van der Waals surface area contributed by atoms with E-state index in [-0.39, 0.29) is 15.8 Å². The molecule has 28 heavy (non-hydrogen) atoms. The summed E-state index contributed by atoms with van der Waals surface area (Å²) in [5.41, 5.74) is 2.68. The zero-order valence-electron chi connectivity index (χ0n) is 16.2. The summed E-state index contributed by atoms with van der Waals surface area (Å²) in [6.07, 6.45) is 0. The first-order valence-corrected chi connectivity index (χ1v) is 10.8. The van der Waals surface area contributed by atoms with Crippen molar-refractivity contribution in [3.05, 3.63) is 58.6 Å². The van der Waals surface area contributed by atoms with Gasteiger partial charge < -0.3 is 9.80 Å². The van der Waals surface area contributed by atoms with Crippen LogP contribution in [0.15, 0.2) is 47.4 Å². The van der Waals surface area contributed by atoms with Crippen LogP contribution in [0.1, 0.15) is 15.9 Å². The van der Waals surface area contributed by atoms with E-state index in [0.29, 0.717) is 18.7 Å². The van der Waals surface area contributed by atoms with Gasteiger partial charge in [-0.05, 0) is 42.8 Å². The number of sulfonamides is 1. The number of hydrogen-bond donors (Lipinski definition) is 0. The average Bonchev–Trinajstić information content (AvgIpc) is 2.67. The summed E-state index contributed by atoms with van der Waals surface area (Å²) >= 11 is 6.08. The molecule has 1 amide bonds. The minimum absolute atomic E-state index is 0.0524. The topological polar surface area (TPSA) is 60.9 Å². The molecule has 0 spiro atoms. The molecule has 0 aliphatic carbocycles. The van der Waals surface area contributed by atoms with Gasteiger partial charge in [-0.15, -0.1) is 0 Å². The highest BCUT2D eigenvalue weighted by Gasteiger charge is 2.26. The number of anilines is 1. The van der Waals surface area contributed by atoms with Crippen LogP contribution in [0.4, 0.5) is 5.69 Å². The lowest BCUT2D eigenvalue weighted by Crippen LogP contribution is -2.48. The zero-order valence-corrected chi connectivity index (χ0v) is 17.8. The molecule has 0 radical (unpaired) electrons. The second-order valence-electron chi connectivity index (χ2n) is 7.05. The molecule has 0 unspecified atom stereocenters. The second kappa shape index (κ2) is 8.11. The number of piperazine rings is 1. The summed E-state index contributed by atoms with van der Waals surface area (Å²) < 4.78 is 26.0. The lowest BCUT2D eigenvalue weighted by molar-refractivity contribution is 0.0746. The fourth-order valence-corrected chi connectivity index (χ4v) is 4.60. The van der Waals surface area contributed by atoms with E-state index in [1.807, 2.05) is 6.07 Å². The van der Waals surface area contributed by atoms with E-state index >= 15 is 0 Å². The Morgan fingerprint density at radius 2 is 1.71 bits per heavy atom. The number of nitrogens with zero attached hydrogens (tertiary/aromatic N) is 3. The van der Waals surface area contributed by atoms with E-state index in [1.165, 1.54) is 31.8 Å². The first-order valence-electron chi connectivity index (χ1n) is 9.03. The van der Waals surface area contributed by atoms with Crippen LogP contribution in [0.3, 0.4) is 0 Å². The molecule has 8 heteroatoms. The van der Waals surface area contributed by atoms with Gasteiger partial charge in [-0.25, -0.2) is 12.7 Å². The third kappa shape index (κ3) is 4.16. The predicted octanol–water partition coefficient (Wildman–Crippen LogP) is 2.86. The number of carbonyl (C=O) groups is 1. The monoisotopic (exact) mass is 421 g/mol. The summed E-state index contributed by atoms with van der Waals surface area (Å²) in [5, 5.41) is 0.106. The van der Waals surface area contributed by atoms with Gasteiger partial charge in [0.05, 0.1) is 5.02 Å². The van der Waals surface area contributed by atoms with Crippen molar-refractivity contribution >= 4 is 33.2 Å². The van der Waals surface area contributed by atoms with Gasteiger partial charge in [0.1, 0.15) is 4.90 Å². The number of halogens is 1. The van der Waals surface area contributed by atoms with E-state index in [4.69, 9.17) is 11.6 Å². The highest BCUT2D eigenvalue weighted by Crippen LogP contribution is 2.26. The van der Waals surface area contributed by atoms with Crippen LogP contribution >= 0.6 is 11.6 Å². The molecule has 1 fully saturated rings. The van der Waals surface area contributed by atoms with Crippen molar-refractivity contribution in [1.82, 2.24) is 9.21 Å². The molecule has 2 aromatic carbocycles. The van der Waals surface area contributed by atoms with Gasteiger partial charge >= 0.3 is 0 Å². The first kappa shape index (κ1) is 20.6. The normalized spacial score (nSPS) is 15.2. The van der Waals surface area contributed by atoms with Crippen molar-refractivity contribution in [2.45, 2.75) is 11.8 Å². The molecule has 0 aromatic heterocycles. The summed E-state index contributed by atoms with van der Waals surface area (Å²) in [4.78, 5) is 16.9. The van der Waals surface area contributed by atoms with Crippen LogP contribution in [0, 0.1) is 6.92 Å². The highest BCUT2D eigenvalue weighted by atomic mass is 35.5. The molecule has 3 rings (SSSR count). The smallest absolute Gasteiger partial charge is 0.254 e. The molecular weight excluding hydrogens is 398 g/mol. The Morgan fingerprint density at radius 1 is 1.04 bits per heavy atom. The standard InChI is InChI=1S/C20H24ClN3O3S/c1-15-5-4-6-17(13-15)23-9-11-24(12-10-23)20(25)16-7-8-18(21)19(14-16)28(26,27)22(2)3/h4-8,13-14H,9-12H2,1-3H3. The van der Waals surface area contributed by atoms with E-state index in [1.54, 1.807) is 11.0 Å². The van der Waals surface area contributed by atoms with Crippen molar-refractivity contribution < 1.29 is 13.2 Å². The predicted molar refractivity (Wildman–Crippen MR) is 112 cm³/mol. The Kier molecular flexibility index (Phi) is 5.98. The molecule has 1 aliphatic heterocycles. The number of hydrogen-bond acceptors (Lipinski definition) is 4. The quantitative estimate of drug-likeness (QED) is 0.761. The van der Waals surface area contributed by atoms with Crippen LogP contribution in [-0.2, 0) is 10.0 Å². The van der Waals surface area contributed by atoms with E-state index in [2.05, 4.69) is 30.0 Å². The van der Waals surface area contributed by atoms with E-state index in [9.17, 15) is 13.2 Å². The van der Waals surface area contributed by atoms with Gasteiger partial charge in [-0.3, -0.25) is 4.79 Å². The fraction of sp³-hybridized carbons (Fsp3) is 0.350. The first-order chi connectivity index (χ1) is 13.2. The molecule has 1 heterocycles. The van der Waals surface area contributed by atoms with Crippen LogP contribution in [0.25, 0.3) is 0 Å². The highest BCUT2D eigenvalue weighted by molar-refractivity contribution is 7.89. The maximum absolute atomic E-state index is 12.9. The molecule has 1 aliphatic rings. The number of carbonyl (C=O) groups excluding carboxylic acids is 1. The van der Waals surface area contributed by atoms with Crippen molar-refractivity contribution in [2.75, 3.05) is 45.2 Å². The summed E-state index contributed by atoms with van der Waals surface area (Å²) in [5.74, 6) is -0.184. The number of amides is 1. The molecule has 0 bridgehead atoms.